The summed E-state index contributed by atoms with van der Waals surface area (Å²) >= 11 is 5.03. The number of thiocarbonyl (C=S) groups is 1. The highest BCUT2D eigenvalue weighted by Gasteiger charge is 2.27. The molecule has 1 aliphatic rings. The van der Waals surface area contributed by atoms with Gasteiger partial charge in [-0.15, -0.1) is 0 Å². The van der Waals surface area contributed by atoms with Gasteiger partial charge in [-0.25, -0.2) is 0 Å². The Hall–Kier alpha value is -0.390. The minimum Gasteiger partial charge on any atom is -0.376 e. The van der Waals surface area contributed by atoms with E-state index in [0.717, 1.165) is 6.67 Å². The molecule has 5 heteroatoms. The van der Waals surface area contributed by atoms with Crippen molar-refractivity contribution in [1.29, 1.82) is 0 Å². The van der Waals surface area contributed by atoms with E-state index in [1.807, 2.05) is 0 Å². The summed E-state index contributed by atoms with van der Waals surface area (Å²) in [5, 5.41) is 12.7. The molecule has 0 aromatic rings. The lowest BCUT2D eigenvalue weighted by Gasteiger charge is -2.43. The largest absolute Gasteiger partial charge is 0.376 e. The number of rotatable bonds is 1. The Balaban J connectivity index is 2.60. The molecule has 1 saturated heterocycles. The second-order valence-corrected chi connectivity index (χ2v) is 4.56. The lowest BCUT2D eigenvalue weighted by Crippen LogP contribution is -2.61. The fourth-order valence-corrected chi connectivity index (χ4v) is 1.33. The van der Waals surface area contributed by atoms with Crippen LogP contribution >= 0.6 is 12.2 Å². The smallest absolute Gasteiger partial charge is 0.172 e. The average molecular weight is 203 g/mol. The lowest BCUT2D eigenvalue weighted by molar-refractivity contribution is 0.0290. The summed E-state index contributed by atoms with van der Waals surface area (Å²) in [4.78, 5) is 3.93. The van der Waals surface area contributed by atoms with Gasteiger partial charge in [0.15, 0.2) is 5.11 Å². The van der Waals surface area contributed by atoms with Crippen LogP contribution in [0.15, 0.2) is 0 Å². The molecule has 1 rings (SSSR count). The van der Waals surface area contributed by atoms with Crippen molar-refractivity contribution in [2.45, 2.75) is 26.3 Å². The van der Waals surface area contributed by atoms with E-state index in [2.05, 4.69) is 31.0 Å². The highest BCUT2D eigenvalue weighted by Crippen LogP contribution is 2.14. The highest BCUT2D eigenvalue weighted by molar-refractivity contribution is 7.80. The molecule has 0 aromatic heterocycles. The van der Waals surface area contributed by atoms with Crippen LogP contribution in [-0.2, 0) is 0 Å². The molecular formula is C8H17N3OS. The van der Waals surface area contributed by atoms with E-state index in [9.17, 15) is 0 Å². The summed E-state index contributed by atoms with van der Waals surface area (Å²) in [7, 11) is 0. The molecular weight excluding hydrogens is 186 g/mol. The number of aliphatic hydroxyl groups excluding tert-OH is 1. The third kappa shape index (κ3) is 2.52. The van der Waals surface area contributed by atoms with Gasteiger partial charge in [-0.2, -0.15) is 0 Å². The SMILES string of the molecule is CC(C)(C)N1CNC(=S)N(CO)C1. The second-order valence-electron chi connectivity index (χ2n) is 4.17. The molecule has 0 bridgehead atoms. The fourth-order valence-electron chi connectivity index (χ4n) is 1.15. The zero-order valence-corrected chi connectivity index (χ0v) is 9.19. The van der Waals surface area contributed by atoms with Crippen molar-refractivity contribution in [2.75, 3.05) is 20.1 Å². The van der Waals surface area contributed by atoms with Crippen LogP contribution in [0.4, 0.5) is 0 Å². The van der Waals surface area contributed by atoms with Gasteiger partial charge >= 0.3 is 0 Å². The van der Waals surface area contributed by atoms with Crippen LogP contribution in [0, 0.1) is 0 Å². The quantitative estimate of drug-likeness (QED) is 0.593. The molecule has 0 amide bonds. The Morgan fingerprint density at radius 2 is 2.15 bits per heavy atom. The molecule has 1 fully saturated rings. The normalized spacial score (nSPS) is 20.3. The molecule has 1 aliphatic heterocycles. The molecule has 1 heterocycles. The van der Waals surface area contributed by atoms with Gasteiger partial charge in [0.25, 0.3) is 0 Å². The van der Waals surface area contributed by atoms with Gasteiger partial charge in [0.2, 0.25) is 0 Å². The van der Waals surface area contributed by atoms with Crippen LogP contribution in [0.2, 0.25) is 0 Å². The second kappa shape index (κ2) is 3.77. The van der Waals surface area contributed by atoms with E-state index in [-0.39, 0.29) is 12.3 Å². The maximum atomic E-state index is 9.02. The van der Waals surface area contributed by atoms with Crippen molar-refractivity contribution in [3.8, 4) is 0 Å². The molecule has 76 valence electrons. The zero-order valence-electron chi connectivity index (χ0n) is 8.37. The molecule has 13 heavy (non-hydrogen) atoms. The maximum Gasteiger partial charge on any atom is 0.172 e. The predicted octanol–water partition coefficient (Wildman–Crippen LogP) is 0.142. The van der Waals surface area contributed by atoms with Gasteiger partial charge in [-0.3, -0.25) is 4.90 Å². The van der Waals surface area contributed by atoms with Crippen LogP contribution in [0.1, 0.15) is 20.8 Å². The molecule has 0 atom stereocenters. The van der Waals surface area contributed by atoms with Crippen LogP contribution in [0.25, 0.3) is 0 Å². The number of hydrogen-bond donors (Lipinski definition) is 2. The van der Waals surface area contributed by atoms with E-state index >= 15 is 0 Å². The van der Waals surface area contributed by atoms with Crippen LogP contribution in [0.5, 0.6) is 0 Å². The van der Waals surface area contributed by atoms with Crippen LogP contribution in [0.3, 0.4) is 0 Å². The van der Waals surface area contributed by atoms with E-state index in [0.29, 0.717) is 11.8 Å². The van der Waals surface area contributed by atoms with E-state index in [4.69, 9.17) is 17.3 Å². The predicted molar refractivity (Wildman–Crippen MR) is 56.0 cm³/mol. The van der Waals surface area contributed by atoms with Crippen molar-refractivity contribution in [2.24, 2.45) is 0 Å². The fraction of sp³-hybridized carbons (Fsp3) is 0.875. The first-order chi connectivity index (χ1) is 5.95. The van der Waals surface area contributed by atoms with Gasteiger partial charge in [-0.1, -0.05) is 0 Å². The molecule has 0 spiro atoms. The minimum absolute atomic E-state index is 0.0294. The third-order valence-electron chi connectivity index (χ3n) is 2.17. The third-order valence-corrected chi connectivity index (χ3v) is 2.57. The Labute approximate surface area is 84.5 Å². The molecule has 0 aromatic carbocycles. The van der Waals surface area contributed by atoms with Crippen molar-refractivity contribution < 1.29 is 5.11 Å². The number of aliphatic hydroxyl groups is 1. The Morgan fingerprint density at radius 1 is 1.54 bits per heavy atom. The highest BCUT2D eigenvalue weighted by atomic mass is 32.1. The summed E-state index contributed by atoms with van der Waals surface area (Å²) in [6, 6.07) is 0. The van der Waals surface area contributed by atoms with E-state index in [1.54, 1.807) is 4.90 Å². The summed E-state index contributed by atoms with van der Waals surface area (Å²) in [5.41, 5.74) is 0.0937. The zero-order chi connectivity index (χ0) is 10.1. The Bertz CT molecular complexity index is 202. The van der Waals surface area contributed by atoms with Gasteiger partial charge in [0.05, 0.1) is 13.3 Å². The monoisotopic (exact) mass is 203 g/mol. The molecule has 4 nitrogen and oxygen atoms in total. The minimum atomic E-state index is -0.0294. The van der Waals surface area contributed by atoms with Gasteiger partial charge in [0, 0.05) is 5.54 Å². The van der Waals surface area contributed by atoms with Crippen molar-refractivity contribution >= 4 is 17.3 Å². The number of hydrogen-bond acceptors (Lipinski definition) is 3. The van der Waals surface area contributed by atoms with E-state index in [1.165, 1.54) is 0 Å². The first-order valence-corrected chi connectivity index (χ1v) is 4.74. The van der Waals surface area contributed by atoms with Gasteiger partial charge in [0.1, 0.15) is 6.73 Å². The van der Waals surface area contributed by atoms with Crippen molar-refractivity contribution in [3.05, 3.63) is 0 Å². The van der Waals surface area contributed by atoms with Gasteiger partial charge in [-0.05, 0) is 33.0 Å². The summed E-state index contributed by atoms with van der Waals surface area (Å²) < 4.78 is 0. The van der Waals surface area contributed by atoms with Crippen LogP contribution in [-0.4, -0.2) is 45.6 Å². The average Bonchev–Trinajstić information content (AvgIpc) is 2.03. The molecule has 0 radical (unpaired) electrons. The number of nitrogens with zero attached hydrogens (tertiary/aromatic N) is 2. The summed E-state index contributed by atoms with van der Waals surface area (Å²) in [6.07, 6.45) is 0. The molecule has 0 unspecified atom stereocenters. The standard InChI is InChI=1S/C8H17N3OS/c1-8(2,3)11-4-9-7(13)10(5-11)6-12/h12H,4-6H2,1-3H3,(H,9,13). The van der Waals surface area contributed by atoms with Crippen molar-refractivity contribution in [1.82, 2.24) is 15.1 Å². The molecule has 0 saturated carbocycles. The first-order valence-electron chi connectivity index (χ1n) is 4.34. The molecule has 2 N–H and O–H groups in total. The topological polar surface area (TPSA) is 38.7 Å². The Kier molecular flexibility index (Phi) is 3.10. The number of nitrogens with one attached hydrogen (secondary N) is 1. The van der Waals surface area contributed by atoms with Crippen LogP contribution < -0.4 is 5.32 Å². The Morgan fingerprint density at radius 3 is 2.62 bits per heavy atom. The summed E-state index contributed by atoms with van der Waals surface area (Å²) in [6.45, 7) is 7.82. The lowest BCUT2D eigenvalue weighted by atomic mass is 10.1. The summed E-state index contributed by atoms with van der Waals surface area (Å²) in [5.74, 6) is 0. The molecule has 0 aliphatic carbocycles. The van der Waals surface area contributed by atoms with Gasteiger partial charge < -0.3 is 15.3 Å². The maximum absolute atomic E-state index is 9.02. The first kappa shape index (κ1) is 10.7. The van der Waals surface area contributed by atoms with Crippen molar-refractivity contribution in [3.63, 3.8) is 0 Å². The van der Waals surface area contributed by atoms with E-state index < -0.39 is 0 Å².